The number of carboxylic acids is 2. The van der Waals surface area contributed by atoms with E-state index in [9.17, 15) is 14.4 Å². The number of allylic oxidation sites excluding steroid dienone is 2. The summed E-state index contributed by atoms with van der Waals surface area (Å²) < 4.78 is 0. The van der Waals surface area contributed by atoms with E-state index in [1.807, 2.05) is 6.29 Å². The minimum atomic E-state index is -1.17. The first kappa shape index (κ1) is 34.9. The van der Waals surface area contributed by atoms with E-state index in [-0.39, 0.29) is 42.4 Å². The van der Waals surface area contributed by atoms with Crippen LogP contribution in [0.15, 0.2) is 12.2 Å². The molecule has 0 saturated heterocycles. The topological polar surface area (TPSA) is 118 Å². The molecule has 0 saturated carbocycles. The minimum Gasteiger partial charge on any atom is -0.542 e. The fourth-order valence-corrected chi connectivity index (χ4v) is 2.85. The molecule has 1 unspecified atom stereocenters. The molecule has 0 radical (unpaired) electrons. The SMILES string of the molecule is CCCCCCCCC/C=C\CCCCCCC[C-]=O.NC(CCC(=O)O)C(=O)O.[Na+]. The van der Waals surface area contributed by atoms with Crippen LogP contribution in [-0.2, 0) is 14.4 Å². The Morgan fingerprint density at radius 2 is 1.29 bits per heavy atom. The molecule has 0 spiro atoms. The Morgan fingerprint density at radius 1 is 0.839 bits per heavy atom. The quantitative estimate of drug-likeness (QED) is 0.114. The van der Waals surface area contributed by atoms with Crippen molar-refractivity contribution in [1.29, 1.82) is 0 Å². The second-order valence-electron chi connectivity index (χ2n) is 7.71. The molecule has 0 amide bonds. The summed E-state index contributed by atoms with van der Waals surface area (Å²) in [5.74, 6) is -2.20. The Hall–Kier alpha value is -0.690. The number of hydrogen-bond donors (Lipinski definition) is 3. The van der Waals surface area contributed by atoms with Crippen LogP contribution in [0, 0.1) is 0 Å². The maximum Gasteiger partial charge on any atom is 1.00 e. The van der Waals surface area contributed by atoms with E-state index in [1.54, 1.807) is 0 Å². The second-order valence-corrected chi connectivity index (χ2v) is 7.71. The molecule has 0 fully saturated rings. The van der Waals surface area contributed by atoms with Crippen molar-refractivity contribution < 1.29 is 54.2 Å². The van der Waals surface area contributed by atoms with Gasteiger partial charge in [0.05, 0.1) is 0 Å². The maximum absolute atomic E-state index is 10.0. The van der Waals surface area contributed by atoms with Crippen molar-refractivity contribution >= 4 is 18.2 Å². The molecule has 7 heteroatoms. The molecule has 0 aromatic heterocycles. The smallest absolute Gasteiger partial charge is 0.542 e. The van der Waals surface area contributed by atoms with Crippen molar-refractivity contribution in [2.24, 2.45) is 5.73 Å². The first-order valence-corrected chi connectivity index (χ1v) is 11.7. The third-order valence-electron chi connectivity index (χ3n) is 4.78. The van der Waals surface area contributed by atoms with Gasteiger partial charge in [0.1, 0.15) is 6.04 Å². The summed E-state index contributed by atoms with van der Waals surface area (Å²) in [5, 5.41) is 16.3. The van der Waals surface area contributed by atoms with Crippen molar-refractivity contribution in [3.63, 3.8) is 0 Å². The summed E-state index contributed by atoms with van der Waals surface area (Å²) >= 11 is 0. The van der Waals surface area contributed by atoms with Crippen LogP contribution in [0.2, 0.25) is 0 Å². The number of carboxylic acid groups (broad SMARTS) is 2. The molecular weight excluding hydrogens is 405 g/mol. The van der Waals surface area contributed by atoms with Crippen LogP contribution in [-0.4, -0.2) is 34.5 Å². The molecule has 0 bridgehead atoms. The van der Waals surface area contributed by atoms with Crippen LogP contribution in [0.5, 0.6) is 0 Å². The molecular formula is C24H44NNaO5. The van der Waals surface area contributed by atoms with Crippen LogP contribution in [0.1, 0.15) is 116 Å². The van der Waals surface area contributed by atoms with Gasteiger partial charge in [-0.3, -0.25) is 15.9 Å². The average molecular weight is 450 g/mol. The summed E-state index contributed by atoms with van der Waals surface area (Å²) in [5.41, 5.74) is 5.00. The zero-order valence-electron chi connectivity index (χ0n) is 19.9. The number of hydrogen-bond acceptors (Lipinski definition) is 4. The van der Waals surface area contributed by atoms with Gasteiger partial charge in [-0.2, -0.15) is 6.42 Å². The molecule has 6 nitrogen and oxygen atoms in total. The van der Waals surface area contributed by atoms with Gasteiger partial charge >= 0.3 is 41.5 Å². The Bertz CT molecular complexity index is 444. The molecule has 0 aromatic carbocycles. The summed E-state index contributed by atoms with van der Waals surface area (Å²) in [6.07, 6.45) is 25.5. The first-order chi connectivity index (χ1) is 14.5. The third-order valence-corrected chi connectivity index (χ3v) is 4.78. The van der Waals surface area contributed by atoms with Crippen LogP contribution in [0.3, 0.4) is 0 Å². The summed E-state index contributed by atoms with van der Waals surface area (Å²) in [6, 6.07) is -1.06. The molecule has 0 heterocycles. The van der Waals surface area contributed by atoms with Gasteiger partial charge in [-0.05, 0) is 32.1 Å². The monoisotopic (exact) mass is 449 g/mol. The van der Waals surface area contributed by atoms with Gasteiger partial charge in [0.25, 0.3) is 0 Å². The molecule has 4 N–H and O–H groups in total. The molecule has 0 aliphatic carbocycles. The number of rotatable bonds is 20. The zero-order valence-corrected chi connectivity index (χ0v) is 21.9. The van der Waals surface area contributed by atoms with Crippen molar-refractivity contribution in [3.05, 3.63) is 12.2 Å². The van der Waals surface area contributed by atoms with E-state index in [1.165, 1.54) is 83.5 Å². The molecule has 0 rings (SSSR count). The van der Waals surface area contributed by atoms with E-state index in [0.29, 0.717) is 6.42 Å². The number of aliphatic carboxylic acids is 2. The van der Waals surface area contributed by atoms with E-state index < -0.39 is 18.0 Å². The normalized spacial score (nSPS) is 11.3. The van der Waals surface area contributed by atoms with Gasteiger partial charge in [-0.15, -0.1) is 0 Å². The van der Waals surface area contributed by atoms with Crippen molar-refractivity contribution in [2.75, 3.05) is 0 Å². The molecule has 0 aromatic rings. The molecule has 1 atom stereocenters. The third kappa shape index (κ3) is 34.1. The standard InChI is InChI=1S/C19H35O.C5H9NO4.Na/c1-2-3-4-5-6-7-8-9-10-11-12-13-14-15-16-17-18-19-20;6-3(5(9)10)1-2-4(7)8;/h10-11H,2-9,12-18H2,1H3;3H,1-2,6H2,(H,7,8)(H,9,10);/q-1;;+1/b11-10-;;. The van der Waals surface area contributed by atoms with Crippen molar-refractivity contribution in [1.82, 2.24) is 0 Å². The summed E-state index contributed by atoms with van der Waals surface area (Å²) in [6.45, 7) is 2.27. The number of carbonyl (C=O) groups is 2. The predicted molar refractivity (Wildman–Crippen MR) is 122 cm³/mol. The van der Waals surface area contributed by atoms with Gasteiger partial charge in [0.15, 0.2) is 0 Å². The van der Waals surface area contributed by atoms with Crippen LogP contribution in [0.4, 0.5) is 0 Å². The Labute approximate surface area is 211 Å². The minimum absolute atomic E-state index is 0. The largest absolute Gasteiger partial charge is 1.00 e. The fourth-order valence-electron chi connectivity index (χ4n) is 2.85. The molecule has 0 aliphatic heterocycles. The van der Waals surface area contributed by atoms with E-state index in [0.717, 1.165) is 6.42 Å². The number of nitrogens with two attached hydrogens (primary N) is 1. The Kier molecular flexibility index (Phi) is 33.0. The van der Waals surface area contributed by atoms with Gasteiger partial charge in [0.2, 0.25) is 0 Å². The predicted octanol–water partition coefficient (Wildman–Crippen LogP) is 2.79. The van der Waals surface area contributed by atoms with Crippen LogP contribution in [0.25, 0.3) is 0 Å². The van der Waals surface area contributed by atoms with E-state index in [2.05, 4.69) is 19.1 Å². The first-order valence-electron chi connectivity index (χ1n) is 11.7. The average Bonchev–Trinajstić information content (AvgIpc) is 2.72. The van der Waals surface area contributed by atoms with Gasteiger partial charge in [0, 0.05) is 6.42 Å². The van der Waals surface area contributed by atoms with E-state index in [4.69, 9.17) is 15.9 Å². The summed E-state index contributed by atoms with van der Waals surface area (Å²) in [7, 11) is 0. The van der Waals surface area contributed by atoms with Crippen molar-refractivity contribution in [3.8, 4) is 0 Å². The second kappa shape index (κ2) is 29.3. The Morgan fingerprint density at radius 3 is 1.71 bits per heavy atom. The van der Waals surface area contributed by atoms with E-state index >= 15 is 0 Å². The molecule has 31 heavy (non-hydrogen) atoms. The van der Waals surface area contributed by atoms with Gasteiger partial charge in [-0.25, -0.2) is 0 Å². The molecule has 176 valence electrons. The van der Waals surface area contributed by atoms with Gasteiger partial charge in [-0.1, -0.05) is 83.3 Å². The van der Waals surface area contributed by atoms with Crippen molar-refractivity contribution in [2.45, 2.75) is 122 Å². The fraction of sp³-hybridized carbons (Fsp3) is 0.792. The van der Waals surface area contributed by atoms with Crippen LogP contribution >= 0.6 is 0 Å². The summed E-state index contributed by atoms with van der Waals surface area (Å²) in [4.78, 5) is 29.9. The maximum atomic E-state index is 10.0. The molecule has 0 aliphatic rings. The zero-order chi connectivity index (χ0) is 22.9. The Balaban J connectivity index is -0.000000604. The number of carbonyl (C=O) groups excluding carboxylic acids is 1. The van der Waals surface area contributed by atoms with Gasteiger partial charge < -0.3 is 20.7 Å². The number of unbranched alkanes of at least 4 members (excludes halogenated alkanes) is 13. The van der Waals surface area contributed by atoms with Crippen LogP contribution < -0.4 is 35.3 Å².